The summed E-state index contributed by atoms with van der Waals surface area (Å²) in [5.74, 6) is 0. The summed E-state index contributed by atoms with van der Waals surface area (Å²) >= 11 is 0. The summed E-state index contributed by atoms with van der Waals surface area (Å²) in [7, 11) is 0. The predicted octanol–water partition coefficient (Wildman–Crippen LogP) is 3.39. The molecule has 0 bridgehead atoms. The number of benzene rings is 2. The van der Waals surface area contributed by atoms with E-state index < -0.39 is 6.03 Å². The first-order chi connectivity index (χ1) is 8.77. The highest BCUT2D eigenvalue weighted by Gasteiger charge is 2.21. The number of fused-ring (bicyclic) bond motifs is 2. The van der Waals surface area contributed by atoms with E-state index in [1.807, 2.05) is 60.7 Å². The first-order valence-corrected chi connectivity index (χ1v) is 5.73. The molecule has 0 fully saturated rings. The number of hydrogen-bond donors (Lipinski definition) is 1. The van der Waals surface area contributed by atoms with Gasteiger partial charge in [-0.3, -0.25) is 4.90 Å². The lowest BCUT2D eigenvalue weighted by Gasteiger charge is -2.22. The van der Waals surface area contributed by atoms with Gasteiger partial charge in [-0.25, -0.2) is 4.79 Å². The zero-order valence-corrected chi connectivity index (χ0v) is 9.71. The van der Waals surface area contributed by atoms with Crippen LogP contribution in [0.5, 0.6) is 0 Å². The molecule has 0 aliphatic carbocycles. The Kier molecular flexibility index (Phi) is 2.38. The Bertz CT molecular complexity index is 597. The van der Waals surface area contributed by atoms with Gasteiger partial charge in [-0.15, -0.1) is 0 Å². The largest absolute Gasteiger partial charge is 0.351 e. The van der Waals surface area contributed by atoms with Gasteiger partial charge in [-0.2, -0.15) is 0 Å². The zero-order chi connectivity index (χ0) is 12.5. The van der Waals surface area contributed by atoms with E-state index in [0.29, 0.717) is 0 Å². The van der Waals surface area contributed by atoms with Crippen LogP contribution in [-0.4, -0.2) is 6.03 Å². The summed E-state index contributed by atoms with van der Waals surface area (Å²) in [6, 6.07) is 14.9. The van der Waals surface area contributed by atoms with Gasteiger partial charge in [0.2, 0.25) is 0 Å². The molecule has 2 aromatic rings. The van der Waals surface area contributed by atoms with Crippen molar-refractivity contribution in [2.45, 2.75) is 0 Å². The minimum absolute atomic E-state index is 0.474. The van der Waals surface area contributed by atoms with Gasteiger partial charge in [0.25, 0.3) is 0 Å². The van der Waals surface area contributed by atoms with Crippen molar-refractivity contribution in [3.63, 3.8) is 0 Å². The number of para-hydroxylation sites is 2. The Hall–Kier alpha value is -2.55. The van der Waals surface area contributed by atoms with Crippen LogP contribution in [0.3, 0.4) is 0 Å². The first kappa shape index (κ1) is 10.6. The standard InChI is InChI=1S/C15H12N2O/c16-15(18)17-13-7-3-1-5-11(13)9-10-12-6-2-4-8-14(12)17/h1-10H,(H2,16,18)/i16-1. The highest BCUT2D eigenvalue weighted by Crippen LogP contribution is 2.35. The van der Waals surface area contributed by atoms with Crippen molar-refractivity contribution in [3.05, 3.63) is 59.7 Å². The van der Waals surface area contributed by atoms with E-state index in [1.165, 1.54) is 0 Å². The van der Waals surface area contributed by atoms with Crippen molar-refractivity contribution >= 4 is 29.6 Å². The van der Waals surface area contributed by atoms with Gasteiger partial charge < -0.3 is 5.73 Å². The molecule has 0 saturated heterocycles. The minimum Gasteiger partial charge on any atom is -0.351 e. The van der Waals surface area contributed by atoms with Crippen molar-refractivity contribution in [2.75, 3.05) is 4.90 Å². The smallest absolute Gasteiger partial charge is 0.323 e. The second kappa shape index (κ2) is 4.04. The number of nitrogens with two attached hydrogens (primary N) is 1. The molecule has 1 aliphatic heterocycles. The number of carbonyl (C=O) groups excluding carboxylic acids is 1. The molecule has 3 rings (SSSR count). The Labute approximate surface area is 105 Å². The molecular formula is C15H12N2O. The second-order valence-corrected chi connectivity index (χ2v) is 4.12. The minimum atomic E-state index is -0.474. The van der Waals surface area contributed by atoms with E-state index in [2.05, 4.69) is 0 Å². The lowest BCUT2D eigenvalue weighted by atomic mass is 10.1. The van der Waals surface area contributed by atoms with Crippen LogP contribution >= 0.6 is 0 Å². The van der Waals surface area contributed by atoms with Crippen LogP contribution in [0.1, 0.15) is 11.1 Å². The number of nitrogens with zero attached hydrogens (tertiary/aromatic N) is 1. The van der Waals surface area contributed by atoms with Crippen LogP contribution in [0.2, 0.25) is 0 Å². The lowest BCUT2D eigenvalue weighted by molar-refractivity contribution is 0.256. The maximum absolute atomic E-state index is 11.8. The van der Waals surface area contributed by atoms with E-state index in [0.717, 1.165) is 22.5 Å². The van der Waals surface area contributed by atoms with Crippen molar-refractivity contribution in [3.8, 4) is 0 Å². The number of primary amides is 1. The van der Waals surface area contributed by atoms with Gasteiger partial charge in [0, 0.05) is 0 Å². The SMILES string of the molecule is [13NH2]C(=O)N1c2ccccc2C=Cc2ccccc21. The molecule has 2 amide bonds. The topological polar surface area (TPSA) is 46.3 Å². The van der Waals surface area contributed by atoms with E-state index in [4.69, 9.17) is 5.73 Å². The number of anilines is 2. The highest BCUT2D eigenvalue weighted by atomic mass is 16.2. The van der Waals surface area contributed by atoms with Gasteiger partial charge in [-0.1, -0.05) is 48.6 Å². The summed E-state index contributed by atoms with van der Waals surface area (Å²) in [5, 5.41) is 0. The van der Waals surface area contributed by atoms with Crippen molar-refractivity contribution in [2.24, 2.45) is 5.73 Å². The zero-order valence-electron chi connectivity index (χ0n) is 9.71. The average Bonchev–Trinajstić information content (AvgIpc) is 2.55. The quantitative estimate of drug-likeness (QED) is 0.747. The van der Waals surface area contributed by atoms with Gasteiger partial charge in [0.05, 0.1) is 11.4 Å². The number of urea groups is 1. The van der Waals surface area contributed by atoms with Gasteiger partial charge >= 0.3 is 6.03 Å². The number of carbonyl (C=O) groups is 1. The first-order valence-electron chi connectivity index (χ1n) is 5.73. The molecule has 3 heteroatoms. The van der Waals surface area contributed by atoms with E-state index in [9.17, 15) is 4.79 Å². The fourth-order valence-electron chi connectivity index (χ4n) is 2.21. The van der Waals surface area contributed by atoms with Crippen LogP contribution in [0.25, 0.3) is 12.2 Å². The molecule has 18 heavy (non-hydrogen) atoms. The normalized spacial score (nSPS) is 12.6. The monoisotopic (exact) mass is 235 g/mol. The van der Waals surface area contributed by atoms with Gasteiger partial charge in [0.15, 0.2) is 0 Å². The second-order valence-electron chi connectivity index (χ2n) is 4.12. The highest BCUT2D eigenvalue weighted by molar-refractivity contribution is 6.04. The van der Waals surface area contributed by atoms with Crippen molar-refractivity contribution in [1.82, 2.24) is 0 Å². The molecule has 0 saturated carbocycles. The third-order valence-electron chi connectivity index (χ3n) is 3.02. The van der Waals surface area contributed by atoms with E-state index >= 15 is 0 Å². The van der Waals surface area contributed by atoms with E-state index in [1.54, 1.807) is 4.90 Å². The number of rotatable bonds is 0. The molecule has 0 unspecified atom stereocenters. The summed E-state index contributed by atoms with van der Waals surface area (Å²) in [6.07, 6.45) is 3.99. The molecule has 3 nitrogen and oxygen atoms in total. The Balaban J connectivity index is 2.31. The van der Waals surface area contributed by atoms with Crippen LogP contribution in [0, 0.1) is 0 Å². The van der Waals surface area contributed by atoms with Crippen LogP contribution in [-0.2, 0) is 0 Å². The fourth-order valence-corrected chi connectivity index (χ4v) is 2.21. The number of amides is 2. The Morgan fingerprint density at radius 2 is 1.28 bits per heavy atom. The molecule has 0 spiro atoms. The molecule has 0 atom stereocenters. The summed E-state index contributed by atoms with van der Waals surface area (Å²) < 4.78 is 0. The Morgan fingerprint density at radius 3 is 1.72 bits per heavy atom. The molecule has 2 aromatic carbocycles. The summed E-state index contributed by atoms with van der Waals surface area (Å²) in [6.45, 7) is 0. The molecule has 2 N–H and O–H groups in total. The molecule has 0 radical (unpaired) electrons. The lowest BCUT2D eigenvalue weighted by Crippen LogP contribution is -2.32. The van der Waals surface area contributed by atoms with Crippen LogP contribution in [0.15, 0.2) is 48.5 Å². The third kappa shape index (κ3) is 1.57. The van der Waals surface area contributed by atoms with Crippen molar-refractivity contribution < 1.29 is 4.79 Å². The van der Waals surface area contributed by atoms with Crippen LogP contribution < -0.4 is 10.6 Å². The molecule has 1 aliphatic rings. The average molecular weight is 235 g/mol. The van der Waals surface area contributed by atoms with Gasteiger partial charge in [0.1, 0.15) is 0 Å². The maximum Gasteiger partial charge on any atom is 0.323 e. The third-order valence-corrected chi connectivity index (χ3v) is 3.02. The summed E-state index contributed by atoms with van der Waals surface area (Å²) in [5.41, 5.74) is 9.11. The number of hydrogen-bond acceptors (Lipinski definition) is 1. The predicted molar refractivity (Wildman–Crippen MR) is 73.5 cm³/mol. The van der Waals surface area contributed by atoms with E-state index in [-0.39, 0.29) is 0 Å². The molecule has 0 aromatic heterocycles. The molecule has 88 valence electrons. The summed E-state index contributed by atoms with van der Waals surface area (Å²) in [4.78, 5) is 13.3. The van der Waals surface area contributed by atoms with Gasteiger partial charge in [-0.05, 0) is 23.3 Å². The Morgan fingerprint density at radius 1 is 0.833 bits per heavy atom. The van der Waals surface area contributed by atoms with Crippen LogP contribution in [0.4, 0.5) is 16.2 Å². The maximum atomic E-state index is 11.8. The van der Waals surface area contributed by atoms with Crippen molar-refractivity contribution in [1.29, 1.82) is 0 Å². The fraction of sp³-hybridized carbons (Fsp3) is 0. The molecular weight excluding hydrogens is 223 g/mol. The molecule has 1 heterocycles.